The predicted molar refractivity (Wildman–Crippen MR) is 126 cm³/mol. The lowest BCUT2D eigenvalue weighted by molar-refractivity contribution is -0.126. The maximum absolute atomic E-state index is 14.6. The molecule has 2 aromatic heterocycles. The average molecular weight is 453 g/mol. The summed E-state index contributed by atoms with van der Waals surface area (Å²) in [5, 5.41) is 10.1. The van der Waals surface area contributed by atoms with Gasteiger partial charge in [-0.05, 0) is 37.8 Å². The van der Waals surface area contributed by atoms with E-state index in [4.69, 9.17) is 11.5 Å². The molecule has 2 aliphatic rings. The molecule has 5 rings (SSSR count). The van der Waals surface area contributed by atoms with Crippen LogP contribution in [0.2, 0.25) is 0 Å². The van der Waals surface area contributed by atoms with Crippen LogP contribution in [-0.4, -0.2) is 45.2 Å². The van der Waals surface area contributed by atoms with E-state index >= 15 is 0 Å². The number of rotatable bonds is 4. The van der Waals surface area contributed by atoms with Gasteiger partial charge in [0.05, 0.1) is 22.5 Å². The third-order valence-corrected chi connectivity index (χ3v) is 6.74. The van der Waals surface area contributed by atoms with Crippen molar-refractivity contribution in [2.45, 2.75) is 51.0 Å². The molecule has 33 heavy (non-hydrogen) atoms. The normalized spacial score (nSPS) is 19.7. The summed E-state index contributed by atoms with van der Waals surface area (Å²) in [5.74, 6) is 0.395. The van der Waals surface area contributed by atoms with Gasteiger partial charge in [-0.1, -0.05) is 19.3 Å². The first-order valence-corrected chi connectivity index (χ1v) is 11.6. The lowest BCUT2D eigenvalue weighted by Gasteiger charge is -2.34. The van der Waals surface area contributed by atoms with Gasteiger partial charge in [0.25, 0.3) is 0 Å². The Balaban J connectivity index is 1.37. The van der Waals surface area contributed by atoms with Gasteiger partial charge in [-0.15, -0.1) is 0 Å². The molecule has 1 saturated carbocycles. The lowest BCUT2D eigenvalue weighted by atomic mass is 9.93. The van der Waals surface area contributed by atoms with Crippen molar-refractivity contribution in [2.75, 3.05) is 29.5 Å². The number of benzene rings is 1. The molecule has 0 radical (unpaired) electrons. The minimum atomic E-state index is -0.482. The van der Waals surface area contributed by atoms with Gasteiger partial charge in [0.1, 0.15) is 11.6 Å². The molecule has 1 aromatic carbocycles. The highest BCUT2D eigenvalue weighted by molar-refractivity contribution is 5.92. The lowest BCUT2D eigenvalue weighted by Crippen LogP contribution is -2.46. The molecular weight excluding hydrogens is 423 g/mol. The van der Waals surface area contributed by atoms with Gasteiger partial charge in [0.2, 0.25) is 11.9 Å². The van der Waals surface area contributed by atoms with Crippen LogP contribution in [0.15, 0.2) is 18.2 Å². The van der Waals surface area contributed by atoms with Crippen molar-refractivity contribution < 1.29 is 9.18 Å². The standard InChI is InChI=1S/C23H29FN8O/c24-16-9-14(10-18-20(16)21(25)31-30-18)17-11-19(29-23(26)28-17)32-8-4-5-13(12-32)22(33)27-15-6-2-1-3-7-15/h9-11,13,15H,1-8,12H2,(H,27,33)(H3,25,30,31)(H2,26,28,29)/t13-/m0/s1. The van der Waals surface area contributed by atoms with Crippen LogP contribution in [0.4, 0.5) is 22.0 Å². The van der Waals surface area contributed by atoms with Crippen molar-refractivity contribution in [1.82, 2.24) is 25.5 Å². The highest BCUT2D eigenvalue weighted by Gasteiger charge is 2.29. The number of aromatic nitrogens is 4. The number of nitrogen functional groups attached to an aromatic ring is 2. The second kappa shape index (κ2) is 8.84. The van der Waals surface area contributed by atoms with Crippen LogP contribution in [0, 0.1) is 11.7 Å². The van der Waals surface area contributed by atoms with Crippen LogP contribution in [-0.2, 0) is 4.79 Å². The van der Waals surface area contributed by atoms with Crippen LogP contribution >= 0.6 is 0 Å². The van der Waals surface area contributed by atoms with E-state index < -0.39 is 5.82 Å². The molecule has 0 spiro atoms. The number of fused-ring (bicyclic) bond motifs is 1. The van der Waals surface area contributed by atoms with Crippen LogP contribution in [0.1, 0.15) is 44.9 Å². The first-order chi connectivity index (χ1) is 16.0. The highest BCUT2D eigenvalue weighted by Crippen LogP contribution is 2.31. The third kappa shape index (κ3) is 4.42. The van der Waals surface area contributed by atoms with Crippen molar-refractivity contribution in [3.63, 3.8) is 0 Å². The Kier molecular flexibility index (Phi) is 5.74. The molecule has 0 bridgehead atoms. The second-order valence-corrected chi connectivity index (χ2v) is 9.09. The molecule has 1 saturated heterocycles. The third-order valence-electron chi connectivity index (χ3n) is 6.74. The molecule has 1 atom stereocenters. The predicted octanol–water partition coefficient (Wildman–Crippen LogP) is 2.99. The fourth-order valence-electron chi connectivity index (χ4n) is 5.01. The molecule has 1 aliphatic carbocycles. The number of aromatic amines is 1. The number of hydrogen-bond acceptors (Lipinski definition) is 7. The van der Waals surface area contributed by atoms with Gasteiger partial charge < -0.3 is 21.7 Å². The Morgan fingerprint density at radius 1 is 1.09 bits per heavy atom. The molecule has 0 unspecified atom stereocenters. The van der Waals surface area contributed by atoms with E-state index in [2.05, 4.69) is 30.4 Å². The van der Waals surface area contributed by atoms with Gasteiger partial charge in [-0.2, -0.15) is 10.1 Å². The Morgan fingerprint density at radius 3 is 2.73 bits per heavy atom. The smallest absolute Gasteiger partial charge is 0.225 e. The van der Waals surface area contributed by atoms with Gasteiger partial charge >= 0.3 is 0 Å². The van der Waals surface area contributed by atoms with Crippen LogP contribution in [0.3, 0.4) is 0 Å². The second-order valence-electron chi connectivity index (χ2n) is 9.09. The molecule has 2 fully saturated rings. The first kappa shape index (κ1) is 21.4. The van der Waals surface area contributed by atoms with Gasteiger partial charge in [0, 0.05) is 30.8 Å². The fraction of sp³-hybridized carbons (Fsp3) is 0.478. The zero-order valence-electron chi connectivity index (χ0n) is 18.5. The maximum atomic E-state index is 14.6. The summed E-state index contributed by atoms with van der Waals surface area (Å²) >= 11 is 0. The van der Waals surface area contributed by atoms with E-state index in [1.54, 1.807) is 12.1 Å². The number of H-pyrrole nitrogens is 1. The Hall–Kier alpha value is -3.43. The number of carbonyl (C=O) groups is 1. The largest absolute Gasteiger partial charge is 0.382 e. The molecule has 1 amide bonds. The van der Waals surface area contributed by atoms with Crippen molar-refractivity contribution >= 4 is 34.4 Å². The molecule has 3 heterocycles. The number of amides is 1. The number of halogens is 1. The Labute approximate surface area is 191 Å². The zero-order chi connectivity index (χ0) is 22.9. The van der Waals surface area contributed by atoms with Gasteiger partial charge in [0.15, 0.2) is 5.82 Å². The quantitative estimate of drug-likeness (QED) is 0.477. The van der Waals surface area contributed by atoms with E-state index in [1.165, 1.54) is 25.3 Å². The topological polar surface area (TPSA) is 139 Å². The van der Waals surface area contributed by atoms with Crippen LogP contribution in [0.5, 0.6) is 0 Å². The Bertz CT molecular complexity index is 1170. The zero-order valence-corrected chi connectivity index (χ0v) is 18.5. The number of nitrogens with two attached hydrogens (primary N) is 2. The number of nitrogens with one attached hydrogen (secondary N) is 2. The Morgan fingerprint density at radius 2 is 1.91 bits per heavy atom. The van der Waals surface area contributed by atoms with Crippen molar-refractivity contribution in [1.29, 1.82) is 0 Å². The van der Waals surface area contributed by atoms with E-state index in [0.29, 0.717) is 35.2 Å². The van der Waals surface area contributed by atoms with E-state index in [1.807, 2.05) is 0 Å². The number of nitrogens with zero attached hydrogens (tertiary/aromatic N) is 4. The number of hydrogen-bond donors (Lipinski definition) is 4. The number of carbonyl (C=O) groups excluding carboxylic acids is 1. The summed E-state index contributed by atoms with van der Waals surface area (Å²) < 4.78 is 14.6. The summed E-state index contributed by atoms with van der Waals surface area (Å²) in [7, 11) is 0. The summed E-state index contributed by atoms with van der Waals surface area (Å²) in [5.41, 5.74) is 13.3. The molecular formula is C23H29FN8O. The summed E-state index contributed by atoms with van der Waals surface area (Å²) in [6.45, 7) is 1.34. The number of piperidine rings is 1. The molecule has 6 N–H and O–H groups in total. The molecule has 10 heteroatoms. The molecule has 9 nitrogen and oxygen atoms in total. The molecule has 3 aromatic rings. The summed E-state index contributed by atoms with van der Waals surface area (Å²) in [6.07, 6.45) is 7.49. The SMILES string of the molecule is Nc1nc(-c2cc(F)c3c(N)n[nH]c3c2)cc(N2CCC[C@H](C(=O)NC3CCCCC3)C2)n1. The maximum Gasteiger partial charge on any atom is 0.225 e. The minimum absolute atomic E-state index is 0.0953. The van der Waals surface area contributed by atoms with Crippen LogP contribution in [0.25, 0.3) is 22.2 Å². The highest BCUT2D eigenvalue weighted by atomic mass is 19.1. The number of anilines is 3. The monoisotopic (exact) mass is 452 g/mol. The van der Waals surface area contributed by atoms with Crippen molar-refractivity contribution in [3.8, 4) is 11.3 Å². The minimum Gasteiger partial charge on any atom is -0.382 e. The molecule has 1 aliphatic heterocycles. The average Bonchev–Trinajstić information content (AvgIpc) is 3.20. The van der Waals surface area contributed by atoms with Gasteiger partial charge in [-0.3, -0.25) is 9.89 Å². The van der Waals surface area contributed by atoms with E-state index in [-0.39, 0.29) is 29.0 Å². The fourth-order valence-corrected chi connectivity index (χ4v) is 5.01. The van der Waals surface area contributed by atoms with E-state index in [0.717, 1.165) is 32.2 Å². The van der Waals surface area contributed by atoms with Crippen molar-refractivity contribution in [2.24, 2.45) is 5.92 Å². The summed E-state index contributed by atoms with van der Waals surface area (Å²) in [6, 6.07) is 5.20. The molecule has 174 valence electrons. The van der Waals surface area contributed by atoms with Crippen LogP contribution < -0.4 is 21.7 Å². The first-order valence-electron chi connectivity index (χ1n) is 11.6. The van der Waals surface area contributed by atoms with E-state index in [9.17, 15) is 9.18 Å². The summed E-state index contributed by atoms with van der Waals surface area (Å²) in [4.78, 5) is 23.7. The van der Waals surface area contributed by atoms with Gasteiger partial charge in [-0.25, -0.2) is 9.37 Å². The van der Waals surface area contributed by atoms with Crippen molar-refractivity contribution in [3.05, 3.63) is 24.0 Å².